The van der Waals surface area contributed by atoms with Gasteiger partial charge in [-0.3, -0.25) is 4.79 Å². The number of hydrogen-bond acceptors (Lipinski definition) is 2. The lowest BCUT2D eigenvalue weighted by atomic mass is 9.92. The summed E-state index contributed by atoms with van der Waals surface area (Å²) in [6, 6.07) is 16.2. The molecule has 0 fully saturated rings. The summed E-state index contributed by atoms with van der Waals surface area (Å²) in [6.45, 7) is 0. The number of hydrogen-bond donors (Lipinski definition) is 2. The monoisotopic (exact) mass is 471 g/mol. The largest absolute Gasteiger partial charge is 0.480 e. The minimum absolute atomic E-state index is 0.0196. The van der Waals surface area contributed by atoms with E-state index in [2.05, 4.69) is 5.32 Å². The number of carboxylic acid groups (broad SMARTS) is 1. The fourth-order valence-electron chi connectivity index (χ4n) is 4.42. The molecule has 3 aromatic carbocycles. The van der Waals surface area contributed by atoms with Crippen molar-refractivity contribution in [2.75, 3.05) is 0 Å². The first kappa shape index (κ1) is 23.5. The van der Waals surface area contributed by atoms with Crippen molar-refractivity contribution in [3.05, 3.63) is 94.8 Å². The number of alkyl halides is 3. The third-order valence-electron chi connectivity index (χ3n) is 6.06. The predicted molar refractivity (Wildman–Crippen MR) is 118 cm³/mol. The van der Waals surface area contributed by atoms with Gasteiger partial charge >= 0.3 is 12.1 Å². The molecule has 1 amide bonds. The Morgan fingerprint density at radius 3 is 2.06 bits per heavy atom. The van der Waals surface area contributed by atoms with Crippen LogP contribution < -0.4 is 5.32 Å². The summed E-state index contributed by atoms with van der Waals surface area (Å²) in [5.41, 5.74) is 3.01. The Balaban J connectivity index is 1.43. The molecule has 1 aliphatic carbocycles. The highest BCUT2D eigenvalue weighted by Crippen LogP contribution is 2.46. The third-order valence-corrected chi connectivity index (χ3v) is 6.06. The van der Waals surface area contributed by atoms with Crippen LogP contribution in [-0.2, 0) is 22.2 Å². The highest BCUT2D eigenvalue weighted by atomic mass is 19.4. The van der Waals surface area contributed by atoms with Gasteiger partial charge in [-0.05, 0) is 46.4 Å². The zero-order valence-corrected chi connectivity index (χ0v) is 17.9. The van der Waals surface area contributed by atoms with Crippen molar-refractivity contribution in [2.24, 2.45) is 0 Å². The average molecular weight is 471 g/mol. The summed E-state index contributed by atoms with van der Waals surface area (Å²) in [7, 11) is 0. The Morgan fingerprint density at radius 1 is 0.941 bits per heavy atom. The lowest BCUT2D eigenvalue weighted by molar-refractivity contribution is -0.142. The topological polar surface area (TPSA) is 66.4 Å². The molecule has 1 atom stereocenters. The van der Waals surface area contributed by atoms with E-state index in [1.54, 1.807) is 0 Å². The average Bonchev–Trinajstić information content (AvgIpc) is 3.11. The second-order valence-corrected chi connectivity index (χ2v) is 8.23. The molecule has 34 heavy (non-hydrogen) atoms. The Labute approximate surface area is 193 Å². The van der Waals surface area contributed by atoms with Gasteiger partial charge in [-0.1, -0.05) is 54.6 Å². The van der Waals surface area contributed by atoms with Crippen molar-refractivity contribution < 1.29 is 32.3 Å². The van der Waals surface area contributed by atoms with E-state index >= 15 is 0 Å². The lowest BCUT2D eigenvalue weighted by Gasteiger charge is -2.17. The van der Waals surface area contributed by atoms with Gasteiger partial charge < -0.3 is 10.4 Å². The van der Waals surface area contributed by atoms with Crippen molar-refractivity contribution in [1.82, 2.24) is 5.32 Å². The molecule has 176 valence electrons. The first-order valence-electron chi connectivity index (χ1n) is 10.7. The zero-order valence-electron chi connectivity index (χ0n) is 17.9. The second kappa shape index (κ2) is 9.29. The minimum atomic E-state index is -4.71. The van der Waals surface area contributed by atoms with Gasteiger partial charge in [0, 0.05) is 18.8 Å². The van der Waals surface area contributed by atoms with Crippen LogP contribution in [0.4, 0.5) is 17.6 Å². The van der Waals surface area contributed by atoms with Crippen molar-refractivity contribution in [1.29, 1.82) is 0 Å². The summed E-state index contributed by atoms with van der Waals surface area (Å²) in [5.74, 6) is -3.12. The molecule has 0 radical (unpaired) electrons. The van der Waals surface area contributed by atoms with Gasteiger partial charge in [0.15, 0.2) is 0 Å². The van der Waals surface area contributed by atoms with Gasteiger partial charge in [0.25, 0.3) is 0 Å². The van der Waals surface area contributed by atoms with Crippen LogP contribution >= 0.6 is 0 Å². The summed E-state index contributed by atoms with van der Waals surface area (Å²) >= 11 is 0. The summed E-state index contributed by atoms with van der Waals surface area (Å²) in [5, 5.41) is 11.9. The van der Waals surface area contributed by atoms with E-state index in [0.717, 1.165) is 28.3 Å². The Morgan fingerprint density at radius 2 is 1.53 bits per heavy atom. The normalized spacial score (nSPS) is 13.8. The molecular weight excluding hydrogens is 450 g/mol. The molecule has 0 bridgehead atoms. The molecule has 8 heteroatoms. The molecule has 4 rings (SSSR count). The molecule has 2 N–H and O–H groups in total. The van der Waals surface area contributed by atoms with Crippen molar-refractivity contribution in [3.8, 4) is 11.1 Å². The number of carbonyl (C=O) groups is 2. The van der Waals surface area contributed by atoms with Crippen LogP contribution in [0.2, 0.25) is 0 Å². The highest BCUT2D eigenvalue weighted by Gasteiger charge is 2.32. The van der Waals surface area contributed by atoms with E-state index < -0.39 is 41.9 Å². The number of benzene rings is 3. The molecule has 3 aromatic rings. The summed E-state index contributed by atoms with van der Waals surface area (Å²) in [6.07, 6.45) is -4.70. The van der Waals surface area contributed by atoms with Gasteiger partial charge in [0.1, 0.15) is 11.9 Å². The van der Waals surface area contributed by atoms with Crippen LogP contribution in [0.5, 0.6) is 0 Å². The molecule has 0 aliphatic heterocycles. The Bertz CT molecular complexity index is 1190. The molecule has 4 nitrogen and oxygen atoms in total. The Hall–Kier alpha value is -3.68. The van der Waals surface area contributed by atoms with Gasteiger partial charge in [-0.15, -0.1) is 0 Å². The van der Waals surface area contributed by atoms with Gasteiger partial charge in [-0.2, -0.15) is 13.2 Å². The fraction of sp³-hybridized carbons (Fsp3) is 0.231. The summed E-state index contributed by atoms with van der Waals surface area (Å²) in [4.78, 5) is 24.2. The quantitative estimate of drug-likeness (QED) is 0.444. The predicted octanol–water partition coefficient (Wildman–Crippen LogP) is 5.55. The number of amides is 1. The molecule has 0 aromatic heterocycles. The highest BCUT2D eigenvalue weighted by molar-refractivity contribution is 5.84. The maximum absolute atomic E-state index is 14.2. The molecule has 1 aliphatic rings. The van der Waals surface area contributed by atoms with Crippen LogP contribution in [0.3, 0.4) is 0 Å². The number of nitrogens with one attached hydrogen (secondary N) is 1. The van der Waals surface area contributed by atoms with Crippen LogP contribution in [0.1, 0.15) is 41.0 Å². The molecule has 0 saturated carbocycles. The van der Waals surface area contributed by atoms with E-state index in [1.807, 2.05) is 48.5 Å². The standard InChI is InChI=1S/C26H21F4NO3/c27-22-14-16(26(28,29)30)10-9-15(22)13-23(25(33)34)31-24(32)12-11-21-19-7-3-1-5-17(19)18-6-2-4-8-20(18)21/h1-10,14,21,23H,11-13H2,(H,31,32)(H,33,34)/t23-/m0/s1. The molecule has 0 heterocycles. The number of aliphatic carboxylic acids is 1. The van der Waals surface area contributed by atoms with Crippen molar-refractivity contribution in [3.63, 3.8) is 0 Å². The van der Waals surface area contributed by atoms with Crippen LogP contribution in [0, 0.1) is 5.82 Å². The van der Waals surface area contributed by atoms with Gasteiger partial charge in [0.2, 0.25) is 5.91 Å². The number of rotatable bonds is 7. The Kier molecular flexibility index (Phi) is 6.41. The number of carboxylic acids is 1. The van der Waals surface area contributed by atoms with Crippen molar-refractivity contribution >= 4 is 11.9 Å². The van der Waals surface area contributed by atoms with Crippen molar-refractivity contribution in [2.45, 2.75) is 37.4 Å². The van der Waals surface area contributed by atoms with Gasteiger partial charge in [0.05, 0.1) is 5.56 Å². The molecular formula is C26H21F4NO3. The van der Waals surface area contributed by atoms with E-state index in [9.17, 15) is 32.3 Å². The van der Waals surface area contributed by atoms with Crippen LogP contribution in [0.15, 0.2) is 66.7 Å². The minimum Gasteiger partial charge on any atom is -0.480 e. The van der Waals surface area contributed by atoms with E-state index in [0.29, 0.717) is 18.6 Å². The molecule has 0 spiro atoms. The fourth-order valence-corrected chi connectivity index (χ4v) is 4.42. The number of halogens is 4. The first-order valence-corrected chi connectivity index (χ1v) is 10.7. The lowest BCUT2D eigenvalue weighted by Crippen LogP contribution is -2.42. The van der Waals surface area contributed by atoms with E-state index in [-0.39, 0.29) is 17.9 Å². The van der Waals surface area contributed by atoms with Crippen LogP contribution in [-0.4, -0.2) is 23.0 Å². The first-order chi connectivity index (χ1) is 16.1. The number of fused-ring (bicyclic) bond motifs is 3. The zero-order chi connectivity index (χ0) is 24.5. The van der Waals surface area contributed by atoms with Crippen LogP contribution in [0.25, 0.3) is 11.1 Å². The SMILES string of the molecule is O=C(CCC1c2ccccc2-c2ccccc21)N[C@@H](Cc1ccc(C(F)(F)F)cc1F)C(=O)O. The third kappa shape index (κ3) is 4.81. The molecule has 0 unspecified atom stereocenters. The summed E-state index contributed by atoms with van der Waals surface area (Å²) < 4.78 is 52.4. The van der Waals surface area contributed by atoms with Gasteiger partial charge in [-0.25, -0.2) is 9.18 Å². The molecule has 0 saturated heterocycles. The maximum atomic E-state index is 14.2. The smallest absolute Gasteiger partial charge is 0.416 e. The second-order valence-electron chi connectivity index (χ2n) is 8.23. The number of carbonyl (C=O) groups excluding carboxylic acids is 1. The van der Waals surface area contributed by atoms with E-state index in [4.69, 9.17) is 0 Å². The van der Waals surface area contributed by atoms with E-state index in [1.165, 1.54) is 0 Å². The maximum Gasteiger partial charge on any atom is 0.416 e.